The average molecular weight is 299 g/mol. The number of carboxylic acid groups (broad SMARTS) is 1. The Kier molecular flexibility index (Phi) is 5.39. The van der Waals surface area contributed by atoms with Crippen LogP contribution < -0.4 is 10.6 Å². The number of carbonyl (C=O) groups excluding carboxylic acids is 1. The molecule has 0 aliphatic heterocycles. The van der Waals surface area contributed by atoms with Crippen molar-refractivity contribution in [1.82, 2.24) is 5.32 Å². The Morgan fingerprint density at radius 1 is 1.30 bits per heavy atom. The molecule has 1 rings (SSSR count). The van der Waals surface area contributed by atoms with Crippen molar-refractivity contribution in [2.45, 2.75) is 39.2 Å². The number of aromatic carboxylic acids is 1. The molecule has 0 aromatic heterocycles. The van der Waals surface area contributed by atoms with E-state index in [9.17, 15) is 9.59 Å². The van der Waals surface area contributed by atoms with Crippen molar-refractivity contribution in [2.24, 2.45) is 0 Å². The first-order valence-electron chi connectivity index (χ1n) is 6.43. The summed E-state index contributed by atoms with van der Waals surface area (Å²) in [6.07, 6.45) is 1.63. The van der Waals surface area contributed by atoms with Crippen molar-refractivity contribution in [3.63, 3.8) is 0 Å². The minimum absolute atomic E-state index is 0.00424. The standard InChI is InChI=1S/C14H19ClN2O3/c1-4-14(3,5-2)17-13(20)16-9-6-7-10(12(18)19)11(15)8-9/h6-8H,4-5H2,1-3H3,(H,18,19)(H2,16,17,20). The van der Waals surface area contributed by atoms with Gasteiger partial charge >= 0.3 is 12.0 Å². The Morgan fingerprint density at radius 3 is 2.35 bits per heavy atom. The minimum Gasteiger partial charge on any atom is -0.478 e. The molecule has 0 aliphatic carbocycles. The predicted molar refractivity (Wildman–Crippen MR) is 79.6 cm³/mol. The van der Waals surface area contributed by atoms with Gasteiger partial charge in [0.15, 0.2) is 0 Å². The fourth-order valence-electron chi connectivity index (χ4n) is 1.63. The lowest BCUT2D eigenvalue weighted by molar-refractivity contribution is 0.0697. The van der Waals surface area contributed by atoms with Gasteiger partial charge in [0, 0.05) is 11.2 Å². The quantitative estimate of drug-likeness (QED) is 0.775. The van der Waals surface area contributed by atoms with E-state index in [4.69, 9.17) is 16.7 Å². The SMILES string of the molecule is CCC(C)(CC)NC(=O)Nc1ccc(C(=O)O)c(Cl)c1. The second kappa shape index (κ2) is 6.61. The summed E-state index contributed by atoms with van der Waals surface area (Å²) in [6.45, 7) is 5.97. The van der Waals surface area contributed by atoms with Crippen LogP contribution in [0.3, 0.4) is 0 Å². The van der Waals surface area contributed by atoms with Gasteiger partial charge in [-0.2, -0.15) is 0 Å². The first kappa shape index (κ1) is 16.3. The zero-order chi connectivity index (χ0) is 15.3. The number of benzene rings is 1. The lowest BCUT2D eigenvalue weighted by atomic mass is 9.96. The second-order valence-corrected chi connectivity index (χ2v) is 5.25. The molecule has 0 spiro atoms. The molecule has 0 fully saturated rings. The number of anilines is 1. The minimum atomic E-state index is -1.10. The van der Waals surface area contributed by atoms with E-state index in [1.165, 1.54) is 18.2 Å². The van der Waals surface area contributed by atoms with Gasteiger partial charge in [0.2, 0.25) is 0 Å². The highest BCUT2D eigenvalue weighted by Crippen LogP contribution is 2.21. The molecular weight excluding hydrogens is 280 g/mol. The van der Waals surface area contributed by atoms with E-state index < -0.39 is 5.97 Å². The molecule has 0 aliphatic rings. The fraction of sp³-hybridized carbons (Fsp3) is 0.429. The topological polar surface area (TPSA) is 78.4 Å². The summed E-state index contributed by atoms with van der Waals surface area (Å²) in [4.78, 5) is 22.7. The van der Waals surface area contributed by atoms with E-state index in [1.807, 2.05) is 20.8 Å². The molecular formula is C14H19ClN2O3. The Morgan fingerprint density at radius 2 is 1.90 bits per heavy atom. The molecule has 1 aromatic carbocycles. The molecule has 0 saturated heterocycles. The zero-order valence-corrected chi connectivity index (χ0v) is 12.5. The van der Waals surface area contributed by atoms with Crippen LogP contribution in [0.15, 0.2) is 18.2 Å². The third-order valence-electron chi connectivity index (χ3n) is 3.43. The third kappa shape index (κ3) is 4.13. The number of carboxylic acids is 1. The summed E-state index contributed by atoms with van der Waals surface area (Å²) >= 11 is 5.84. The summed E-state index contributed by atoms with van der Waals surface area (Å²) < 4.78 is 0. The van der Waals surface area contributed by atoms with Crippen LogP contribution in [-0.2, 0) is 0 Å². The highest BCUT2D eigenvalue weighted by atomic mass is 35.5. The summed E-state index contributed by atoms with van der Waals surface area (Å²) in [7, 11) is 0. The molecule has 1 aromatic rings. The number of urea groups is 1. The van der Waals surface area contributed by atoms with Crippen molar-refractivity contribution in [3.05, 3.63) is 28.8 Å². The summed E-state index contributed by atoms with van der Waals surface area (Å²) in [5, 5.41) is 14.5. The van der Waals surface area contributed by atoms with Gasteiger partial charge in [-0.25, -0.2) is 9.59 Å². The normalized spacial score (nSPS) is 11.0. The molecule has 0 atom stereocenters. The Hall–Kier alpha value is -1.75. The van der Waals surface area contributed by atoms with Crippen LogP contribution in [-0.4, -0.2) is 22.6 Å². The molecule has 2 amide bonds. The van der Waals surface area contributed by atoms with Gasteiger partial charge in [-0.1, -0.05) is 25.4 Å². The molecule has 0 radical (unpaired) electrons. The number of amides is 2. The third-order valence-corrected chi connectivity index (χ3v) is 3.75. The van der Waals surface area contributed by atoms with E-state index in [2.05, 4.69) is 10.6 Å². The van der Waals surface area contributed by atoms with Gasteiger partial charge in [0.25, 0.3) is 0 Å². The fourth-order valence-corrected chi connectivity index (χ4v) is 1.89. The van der Waals surface area contributed by atoms with Crippen molar-refractivity contribution in [2.75, 3.05) is 5.32 Å². The van der Waals surface area contributed by atoms with Gasteiger partial charge in [0.05, 0.1) is 10.6 Å². The van der Waals surface area contributed by atoms with E-state index in [-0.39, 0.29) is 22.2 Å². The van der Waals surface area contributed by atoms with Crippen molar-refractivity contribution >= 4 is 29.3 Å². The number of hydrogen-bond acceptors (Lipinski definition) is 2. The maximum Gasteiger partial charge on any atom is 0.337 e. The van der Waals surface area contributed by atoms with Crippen molar-refractivity contribution in [1.29, 1.82) is 0 Å². The first-order chi connectivity index (χ1) is 9.31. The summed E-state index contributed by atoms with van der Waals surface area (Å²) in [6, 6.07) is 3.94. The van der Waals surface area contributed by atoms with E-state index in [0.717, 1.165) is 12.8 Å². The smallest absolute Gasteiger partial charge is 0.337 e. The lowest BCUT2D eigenvalue weighted by Gasteiger charge is -2.28. The van der Waals surface area contributed by atoms with Crippen molar-refractivity contribution in [3.8, 4) is 0 Å². The molecule has 110 valence electrons. The zero-order valence-electron chi connectivity index (χ0n) is 11.8. The molecule has 3 N–H and O–H groups in total. The molecule has 0 heterocycles. The number of nitrogens with one attached hydrogen (secondary N) is 2. The second-order valence-electron chi connectivity index (χ2n) is 4.85. The number of carbonyl (C=O) groups is 2. The number of halogens is 1. The van der Waals surface area contributed by atoms with Crippen LogP contribution >= 0.6 is 11.6 Å². The molecule has 0 bridgehead atoms. The predicted octanol–water partition coefficient (Wildman–Crippen LogP) is 3.74. The van der Waals surface area contributed by atoms with Gasteiger partial charge in [0.1, 0.15) is 0 Å². The van der Waals surface area contributed by atoms with E-state index in [0.29, 0.717) is 5.69 Å². The lowest BCUT2D eigenvalue weighted by Crippen LogP contribution is -2.46. The summed E-state index contributed by atoms with van der Waals surface area (Å²) in [5.41, 5.74) is 0.186. The molecule has 0 unspecified atom stereocenters. The van der Waals surface area contributed by atoms with E-state index >= 15 is 0 Å². The number of hydrogen-bond donors (Lipinski definition) is 3. The molecule has 20 heavy (non-hydrogen) atoms. The van der Waals surface area contributed by atoms with Crippen LogP contribution in [0, 0.1) is 0 Å². The van der Waals surface area contributed by atoms with Crippen LogP contribution in [0.25, 0.3) is 0 Å². The highest BCUT2D eigenvalue weighted by molar-refractivity contribution is 6.33. The van der Waals surface area contributed by atoms with Crippen molar-refractivity contribution < 1.29 is 14.7 Å². The number of rotatable bonds is 5. The largest absolute Gasteiger partial charge is 0.478 e. The monoisotopic (exact) mass is 298 g/mol. The molecule has 6 heteroatoms. The Bertz CT molecular complexity index is 513. The van der Waals surface area contributed by atoms with Gasteiger partial charge in [-0.3, -0.25) is 0 Å². The maximum atomic E-state index is 11.9. The van der Waals surface area contributed by atoms with Gasteiger partial charge in [-0.05, 0) is 38.0 Å². The molecule has 0 saturated carbocycles. The Labute approximate surface area is 123 Å². The average Bonchev–Trinajstić information content (AvgIpc) is 2.38. The van der Waals surface area contributed by atoms with E-state index in [1.54, 1.807) is 0 Å². The van der Waals surface area contributed by atoms with Crippen LogP contribution in [0.2, 0.25) is 5.02 Å². The summed E-state index contributed by atoms with van der Waals surface area (Å²) in [5.74, 6) is -1.10. The maximum absolute atomic E-state index is 11.9. The van der Waals surface area contributed by atoms with Crippen LogP contribution in [0.5, 0.6) is 0 Å². The van der Waals surface area contributed by atoms with Gasteiger partial charge in [-0.15, -0.1) is 0 Å². The first-order valence-corrected chi connectivity index (χ1v) is 6.81. The van der Waals surface area contributed by atoms with Crippen LogP contribution in [0.4, 0.5) is 10.5 Å². The Balaban J connectivity index is 2.77. The highest BCUT2D eigenvalue weighted by Gasteiger charge is 2.21. The van der Waals surface area contributed by atoms with Crippen LogP contribution in [0.1, 0.15) is 44.0 Å². The molecule has 5 nitrogen and oxygen atoms in total. The van der Waals surface area contributed by atoms with Gasteiger partial charge < -0.3 is 15.7 Å².